The lowest BCUT2D eigenvalue weighted by atomic mass is 10.0. The SMILES string of the molecule is Cc1ccc2c(c1)CCC(c1nc(-c3ccccc3OCCN(C)C)no1)O2. The number of aryl methyl sites for hydroxylation is 2. The first-order valence-corrected chi connectivity index (χ1v) is 9.57. The second kappa shape index (κ2) is 8.02. The van der Waals surface area contributed by atoms with E-state index in [0.29, 0.717) is 18.3 Å². The fraction of sp³-hybridized carbons (Fsp3) is 0.364. The van der Waals surface area contributed by atoms with Gasteiger partial charge in [-0.2, -0.15) is 4.98 Å². The van der Waals surface area contributed by atoms with Crippen LogP contribution in [0.5, 0.6) is 11.5 Å². The van der Waals surface area contributed by atoms with Crippen LogP contribution in [0.2, 0.25) is 0 Å². The van der Waals surface area contributed by atoms with Gasteiger partial charge in [0.1, 0.15) is 18.1 Å². The summed E-state index contributed by atoms with van der Waals surface area (Å²) in [6.07, 6.45) is 1.53. The summed E-state index contributed by atoms with van der Waals surface area (Å²) in [4.78, 5) is 6.68. The van der Waals surface area contributed by atoms with Gasteiger partial charge in [0.2, 0.25) is 5.82 Å². The number of rotatable bonds is 6. The number of hydrogen-bond acceptors (Lipinski definition) is 6. The third kappa shape index (κ3) is 4.02. The van der Waals surface area contributed by atoms with E-state index < -0.39 is 0 Å². The van der Waals surface area contributed by atoms with Crippen LogP contribution in [-0.2, 0) is 6.42 Å². The molecule has 1 atom stereocenters. The van der Waals surface area contributed by atoms with E-state index in [4.69, 9.17) is 14.0 Å². The van der Waals surface area contributed by atoms with E-state index in [0.717, 1.165) is 36.4 Å². The lowest BCUT2D eigenvalue weighted by Crippen LogP contribution is -2.19. The molecule has 0 fully saturated rings. The third-order valence-electron chi connectivity index (χ3n) is 4.80. The van der Waals surface area contributed by atoms with Crippen LogP contribution >= 0.6 is 0 Å². The van der Waals surface area contributed by atoms with Gasteiger partial charge in [-0.25, -0.2) is 0 Å². The second-order valence-electron chi connectivity index (χ2n) is 7.36. The van der Waals surface area contributed by atoms with Crippen molar-refractivity contribution in [2.75, 3.05) is 27.2 Å². The molecule has 3 aromatic rings. The van der Waals surface area contributed by atoms with Crippen molar-refractivity contribution in [2.45, 2.75) is 25.9 Å². The first-order valence-electron chi connectivity index (χ1n) is 9.57. The molecule has 0 amide bonds. The van der Waals surface area contributed by atoms with Crippen LogP contribution < -0.4 is 9.47 Å². The molecule has 1 aliphatic heterocycles. The van der Waals surface area contributed by atoms with E-state index in [1.54, 1.807) is 0 Å². The second-order valence-corrected chi connectivity index (χ2v) is 7.36. The van der Waals surface area contributed by atoms with Crippen molar-refractivity contribution in [1.82, 2.24) is 15.0 Å². The van der Waals surface area contributed by atoms with Gasteiger partial charge in [0.05, 0.1) is 5.56 Å². The Balaban J connectivity index is 1.52. The molecular formula is C22H25N3O3. The number of likely N-dealkylation sites (N-methyl/N-ethyl adjacent to an activating group) is 1. The predicted molar refractivity (Wildman–Crippen MR) is 107 cm³/mol. The summed E-state index contributed by atoms with van der Waals surface area (Å²) in [6, 6.07) is 14.0. The number of para-hydroxylation sites is 1. The number of hydrogen-bond donors (Lipinski definition) is 0. The average Bonchev–Trinajstić information content (AvgIpc) is 3.18. The first-order chi connectivity index (χ1) is 13.6. The van der Waals surface area contributed by atoms with Gasteiger partial charge in [-0.1, -0.05) is 35.0 Å². The number of fused-ring (bicyclic) bond motifs is 1. The van der Waals surface area contributed by atoms with Gasteiger partial charge in [-0.3, -0.25) is 0 Å². The summed E-state index contributed by atoms with van der Waals surface area (Å²) in [7, 11) is 4.04. The molecule has 0 aliphatic carbocycles. The number of aromatic nitrogens is 2. The zero-order chi connectivity index (χ0) is 19.5. The zero-order valence-electron chi connectivity index (χ0n) is 16.5. The summed E-state index contributed by atoms with van der Waals surface area (Å²) in [5.41, 5.74) is 3.30. The minimum atomic E-state index is -0.224. The molecule has 2 aromatic carbocycles. The molecule has 1 aromatic heterocycles. The van der Waals surface area contributed by atoms with E-state index in [2.05, 4.69) is 34.1 Å². The fourth-order valence-corrected chi connectivity index (χ4v) is 3.28. The van der Waals surface area contributed by atoms with Crippen LogP contribution in [0.1, 0.15) is 29.5 Å². The predicted octanol–water partition coefficient (Wildman–Crippen LogP) is 4.05. The van der Waals surface area contributed by atoms with Crippen LogP contribution in [0, 0.1) is 6.92 Å². The molecule has 1 unspecified atom stereocenters. The van der Waals surface area contributed by atoms with Crippen molar-refractivity contribution >= 4 is 0 Å². The molecule has 0 bridgehead atoms. The molecule has 0 saturated heterocycles. The number of benzene rings is 2. The molecule has 146 valence electrons. The lowest BCUT2D eigenvalue weighted by Gasteiger charge is -2.23. The number of nitrogens with zero attached hydrogens (tertiary/aromatic N) is 3. The molecule has 0 saturated carbocycles. The maximum Gasteiger partial charge on any atom is 0.268 e. The Morgan fingerprint density at radius 3 is 2.89 bits per heavy atom. The van der Waals surface area contributed by atoms with Crippen LogP contribution in [0.4, 0.5) is 0 Å². The Morgan fingerprint density at radius 2 is 2.04 bits per heavy atom. The molecule has 0 N–H and O–H groups in total. The first kappa shape index (κ1) is 18.5. The highest BCUT2D eigenvalue weighted by Gasteiger charge is 2.27. The normalized spacial score (nSPS) is 15.9. The molecule has 0 radical (unpaired) electrons. The van der Waals surface area contributed by atoms with E-state index >= 15 is 0 Å². The summed E-state index contributed by atoms with van der Waals surface area (Å²) in [6.45, 7) is 3.52. The van der Waals surface area contributed by atoms with Gasteiger partial charge < -0.3 is 18.9 Å². The molecule has 6 heteroatoms. The molecule has 6 nitrogen and oxygen atoms in total. The highest BCUT2D eigenvalue weighted by molar-refractivity contribution is 5.63. The Morgan fingerprint density at radius 1 is 1.18 bits per heavy atom. The molecule has 28 heavy (non-hydrogen) atoms. The molecule has 4 rings (SSSR count). The minimum Gasteiger partial charge on any atom is -0.491 e. The Labute approximate surface area is 165 Å². The van der Waals surface area contributed by atoms with E-state index in [1.807, 2.05) is 44.4 Å². The van der Waals surface area contributed by atoms with Gasteiger partial charge in [0.25, 0.3) is 5.89 Å². The summed E-state index contributed by atoms with van der Waals surface area (Å²) in [5.74, 6) is 2.68. The van der Waals surface area contributed by atoms with Crippen LogP contribution in [0.25, 0.3) is 11.4 Å². The lowest BCUT2D eigenvalue weighted by molar-refractivity contribution is 0.135. The summed E-state index contributed by atoms with van der Waals surface area (Å²) < 4.78 is 17.6. The Kier molecular flexibility index (Phi) is 5.30. The highest BCUT2D eigenvalue weighted by Crippen LogP contribution is 2.36. The fourth-order valence-electron chi connectivity index (χ4n) is 3.28. The van der Waals surface area contributed by atoms with E-state index in [-0.39, 0.29) is 6.10 Å². The van der Waals surface area contributed by atoms with Gasteiger partial charge >= 0.3 is 0 Å². The van der Waals surface area contributed by atoms with Crippen molar-refractivity contribution in [3.8, 4) is 22.9 Å². The molecule has 1 aliphatic rings. The quantitative estimate of drug-likeness (QED) is 0.644. The average molecular weight is 379 g/mol. The Bertz CT molecular complexity index is 952. The van der Waals surface area contributed by atoms with Crippen molar-refractivity contribution in [2.24, 2.45) is 0 Å². The smallest absolute Gasteiger partial charge is 0.268 e. The van der Waals surface area contributed by atoms with Crippen molar-refractivity contribution < 1.29 is 14.0 Å². The minimum absolute atomic E-state index is 0.224. The maximum absolute atomic E-state index is 6.11. The van der Waals surface area contributed by atoms with Gasteiger partial charge in [-0.05, 0) is 57.6 Å². The van der Waals surface area contributed by atoms with Crippen molar-refractivity contribution in [1.29, 1.82) is 0 Å². The topological polar surface area (TPSA) is 60.6 Å². The maximum atomic E-state index is 6.11. The zero-order valence-corrected chi connectivity index (χ0v) is 16.5. The van der Waals surface area contributed by atoms with Crippen LogP contribution in [0.3, 0.4) is 0 Å². The summed E-state index contributed by atoms with van der Waals surface area (Å²) >= 11 is 0. The van der Waals surface area contributed by atoms with Gasteiger partial charge in [-0.15, -0.1) is 0 Å². The van der Waals surface area contributed by atoms with Gasteiger partial charge in [0.15, 0.2) is 6.10 Å². The third-order valence-corrected chi connectivity index (χ3v) is 4.80. The standard InChI is InChI=1S/C22H25N3O3/c1-15-8-10-18-16(14-15)9-11-20(27-18)22-23-21(24-28-22)17-6-4-5-7-19(17)26-13-12-25(2)3/h4-8,10,14,20H,9,11-13H2,1-3H3. The Hall–Kier alpha value is -2.86. The largest absolute Gasteiger partial charge is 0.491 e. The van der Waals surface area contributed by atoms with E-state index in [1.165, 1.54) is 11.1 Å². The van der Waals surface area contributed by atoms with E-state index in [9.17, 15) is 0 Å². The molecule has 0 spiro atoms. The summed E-state index contributed by atoms with van der Waals surface area (Å²) in [5, 5.41) is 4.18. The monoisotopic (exact) mass is 379 g/mol. The van der Waals surface area contributed by atoms with Crippen LogP contribution in [0.15, 0.2) is 47.0 Å². The molecular weight excluding hydrogens is 354 g/mol. The van der Waals surface area contributed by atoms with Gasteiger partial charge in [0, 0.05) is 6.54 Å². The highest BCUT2D eigenvalue weighted by atomic mass is 16.5. The van der Waals surface area contributed by atoms with Crippen molar-refractivity contribution in [3.05, 3.63) is 59.5 Å². The van der Waals surface area contributed by atoms with Crippen molar-refractivity contribution in [3.63, 3.8) is 0 Å². The molecule has 2 heterocycles. The van der Waals surface area contributed by atoms with Crippen LogP contribution in [-0.4, -0.2) is 42.3 Å². The number of ether oxygens (including phenoxy) is 2.